The van der Waals surface area contributed by atoms with E-state index in [4.69, 9.17) is 4.52 Å². The molecule has 2 aliphatic rings. The Morgan fingerprint density at radius 1 is 1.41 bits per heavy atom. The van der Waals surface area contributed by atoms with Crippen LogP contribution in [-0.2, 0) is 0 Å². The molecule has 8 heteroatoms. The third-order valence-electron chi connectivity index (χ3n) is 4.08. The Bertz CT molecular complexity index is 695. The molecule has 0 spiro atoms. The van der Waals surface area contributed by atoms with E-state index in [0.717, 1.165) is 42.4 Å². The van der Waals surface area contributed by atoms with Crippen molar-refractivity contribution in [2.75, 3.05) is 12.8 Å². The van der Waals surface area contributed by atoms with E-state index < -0.39 is 0 Å². The molecule has 1 amide bonds. The SMILES string of the molecule is CSc1nc(C(=O)N2CCCC2c2nc(C3CC3)no2)cs1. The minimum absolute atomic E-state index is 0.0368. The maximum absolute atomic E-state index is 12.7. The summed E-state index contributed by atoms with van der Waals surface area (Å²) in [5.41, 5.74) is 0.517. The van der Waals surface area contributed by atoms with Crippen molar-refractivity contribution in [3.63, 3.8) is 0 Å². The van der Waals surface area contributed by atoms with Crippen LogP contribution in [0, 0.1) is 0 Å². The highest BCUT2D eigenvalue weighted by atomic mass is 32.2. The smallest absolute Gasteiger partial charge is 0.274 e. The zero-order valence-corrected chi connectivity index (χ0v) is 13.8. The molecule has 2 aromatic rings. The van der Waals surface area contributed by atoms with Crippen LogP contribution >= 0.6 is 23.1 Å². The van der Waals surface area contributed by atoms with E-state index in [0.29, 0.717) is 17.5 Å². The molecule has 2 aromatic heterocycles. The Hall–Kier alpha value is -1.41. The number of carbonyl (C=O) groups is 1. The van der Waals surface area contributed by atoms with Crippen molar-refractivity contribution in [3.05, 3.63) is 22.8 Å². The van der Waals surface area contributed by atoms with Gasteiger partial charge < -0.3 is 9.42 Å². The lowest BCUT2D eigenvalue weighted by atomic mass is 10.2. The van der Waals surface area contributed by atoms with Gasteiger partial charge in [0.15, 0.2) is 5.82 Å². The van der Waals surface area contributed by atoms with Gasteiger partial charge in [-0.25, -0.2) is 4.98 Å². The summed E-state index contributed by atoms with van der Waals surface area (Å²) in [6.45, 7) is 0.719. The first-order valence-electron chi connectivity index (χ1n) is 7.40. The second kappa shape index (κ2) is 5.66. The zero-order chi connectivity index (χ0) is 15.1. The first kappa shape index (κ1) is 14.2. The lowest BCUT2D eigenvalue weighted by molar-refractivity contribution is 0.0704. The predicted octanol–water partition coefficient (Wildman–Crippen LogP) is 3.10. The third-order valence-corrected chi connectivity index (χ3v) is 5.94. The molecule has 22 heavy (non-hydrogen) atoms. The summed E-state index contributed by atoms with van der Waals surface area (Å²) in [7, 11) is 0. The molecule has 2 fully saturated rings. The van der Waals surface area contributed by atoms with E-state index in [2.05, 4.69) is 15.1 Å². The molecule has 1 atom stereocenters. The van der Waals surface area contributed by atoms with Gasteiger partial charge in [0.05, 0.1) is 0 Å². The number of thiazole rings is 1. The van der Waals surface area contributed by atoms with Gasteiger partial charge in [-0.3, -0.25) is 4.79 Å². The molecular formula is C14H16N4O2S2. The Morgan fingerprint density at radius 3 is 3.00 bits per heavy atom. The van der Waals surface area contributed by atoms with Gasteiger partial charge in [-0.1, -0.05) is 16.9 Å². The maximum Gasteiger partial charge on any atom is 0.274 e. The van der Waals surface area contributed by atoms with E-state index in [9.17, 15) is 4.79 Å². The average molecular weight is 336 g/mol. The maximum atomic E-state index is 12.7. The summed E-state index contributed by atoms with van der Waals surface area (Å²) in [5.74, 6) is 1.80. The lowest BCUT2D eigenvalue weighted by Gasteiger charge is -2.20. The van der Waals surface area contributed by atoms with Crippen molar-refractivity contribution in [1.82, 2.24) is 20.0 Å². The van der Waals surface area contributed by atoms with Gasteiger partial charge in [-0.2, -0.15) is 4.98 Å². The molecule has 1 saturated carbocycles. The molecule has 0 aromatic carbocycles. The Morgan fingerprint density at radius 2 is 2.27 bits per heavy atom. The second-order valence-electron chi connectivity index (χ2n) is 5.62. The number of amides is 1. The molecule has 1 unspecified atom stereocenters. The van der Waals surface area contributed by atoms with Gasteiger partial charge >= 0.3 is 0 Å². The monoisotopic (exact) mass is 336 g/mol. The van der Waals surface area contributed by atoms with Gasteiger partial charge in [0, 0.05) is 17.8 Å². The molecule has 0 radical (unpaired) electrons. The number of thioether (sulfide) groups is 1. The predicted molar refractivity (Wildman–Crippen MR) is 83.2 cm³/mol. The van der Waals surface area contributed by atoms with E-state index in [1.807, 2.05) is 16.5 Å². The van der Waals surface area contributed by atoms with Gasteiger partial charge in [-0.15, -0.1) is 11.3 Å². The summed E-state index contributed by atoms with van der Waals surface area (Å²) in [4.78, 5) is 23.4. The van der Waals surface area contributed by atoms with E-state index in [1.165, 1.54) is 11.3 Å². The normalized spacial score (nSPS) is 21.5. The Balaban J connectivity index is 1.55. The number of hydrogen-bond acceptors (Lipinski definition) is 7. The topological polar surface area (TPSA) is 72.1 Å². The Kier molecular flexibility index (Phi) is 3.65. The summed E-state index contributed by atoms with van der Waals surface area (Å²) in [6.07, 6.45) is 6.07. The minimum atomic E-state index is -0.105. The van der Waals surface area contributed by atoms with Crippen LogP contribution in [0.5, 0.6) is 0 Å². The highest BCUT2D eigenvalue weighted by Crippen LogP contribution is 2.40. The lowest BCUT2D eigenvalue weighted by Crippen LogP contribution is -2.31. The van der Waals surface area contributed by atoms with E-state index in [-0.39, 0.29) is 11.9 Å². The quantitative estimate of drug-likeness (QED) is 0.799. The summed E-state index contributed by atoms with van der Waals surface area (Å²) in [6, 6.07) is -0.105. The van der Waals surface area contributed by atoms with Crippen LogP contribution in [-0.4, -0.2) is 38.7 Å². The number of nitrogens with zero attached hydrogens (tertiary/aromatic N) is 4. The molecule has 0 bridgehead atoms. The molecule has 3 heterocycles. The number of carbonyl (C=O) groups excluding carboxylic acids is 1. The van der Waals surface area contributed by atoms with Crippen molar-refractivity contribution in [3.8, 4) is 0 Å². The molecule has 116 valence electrons. The van der Waals surface area contributed by atoms with Crippen molar-refractivity contribution in [2.24, 2.45) is 0 Å². The molecule has 1 aliphatic carbocycles. The number of aromatic nitrogens is 3. The molecular weight excluding hydrogens is 320 g/mol. The van der Waals surface area contributed by atoms with Crippen LogP contribution in [0.2, 0.25) is 0 Å². The van der Waals surface area contributed by atoms with Crippen LogP contribution in [0.1, 0.15) is 59.8 Å². The van der Waals surface area contributed by atoms with Gasteiger partial charge in [0.2, 0.25) is 5.89 Å². The van der Waals surface area contributed by atoms with Crippen LogP contribution in [0.25, 0.3) is 0 Å². The van der Waals surface area contributed by atoms with Gasteiger partial charge in [0.1, 0.15) is 16.1 Å². The highest BCUT2D eigenvalue weighted by Gasteiger charge is 2.37. The highest BCUT2D eigenvalue weighted by molar-refractivity contribution is 8.00. The fraction of sp³-hybridized carbons (Fsp3) is 0.571. The molecule has 0 N–H and O–H groups in total. The first-order valence-corrected chi connectivity index (χ1v) is 9.50. The Labute approximate surface area is 136 Å². The van der Waals surface area contributed by atoms with Gasteiger partial charge in [0.25, 0.3) is 5.91 Å². The summed E-state index contributed by atoms with van der Waals surface area (Å²) < 4.78 is 6.33. The van der Waals surface area contributed by atoms with E-state index >= 15 is 0 Å². The summed E-state index contributed by atoms with van der Waals surface area (Å²) >= 11 is 3.06. The van der Waals surface area contributed by atoms with Crippen LogP contribution in [0.4, 0.5) is 0 Å². The number of likely N-dealkylation sites (tertiary alicyclic amines) is 1. The van der Waals surface area contributed by atoms with Crippen molar-refractivity contribution >= 4 is 29.0 Å². The molecule has 1 saturated heterocycles. The zero-order valence-electron chi connectivity index (χ0n) is 12.2. The number of hydrogen-bond donors (Lipinski definition) is 0. The fourth-order valence-electron chi connectivity index (χ4n) is 2.75. The largest absolute Gasteiger partial charge is 0.337 e. The molecule has 1 aliphatic heterocycles. The standard InChI is InChI=1S/C14H16N4O2S2/c1-21-14-15-9(7-22-14)13(19)18-6-2-3-10(18)12-16-11(17-20-12)8-4-5-8/h7-8,10H,2-6H2,1H3. The van der Waals surface area contributed by atoms with Crippen molar-refractivity contribution in [1.29, 1.82) is 0 Å². The second-order valence-corrected chi connectivity index (χ2v) is 7.54. The molecule has 4 rings (SSSR count). The van der Waals surface area contributed by atoms with Gasteiger partial charge in [-0.05, 0) is 31.9 Å². The van der Waals surface area contributed by atoms with Crippen molar-refractivity contribution < 1.29 is 9.32 Å². The fourth-order valence-corrected chi connectivity index (χ4v) is 3.99. The third kappa shape index (κ3) is 2.54. The van der Waals surface area contributed by atoms with Crippen molar-refractivity contribution in [2.45, 2.75) is 42.0 Å². The summed E-state index contributed by atoms with van der Waals surface area (Å²) in [5, 5.41) is 5.89. The first-order chi connectivity index (χ1) is 10.8. The van der Waals surface area contributed by atoms with E-state index in [1.54, 1.807) is 11.8 Å². The minimum Gasteiger partial charge on any atom is -0.337 e. The van der Waals surface area contributed by atoms with Crippen LogP contribution < -0.4 is 0 Å². The molecule has 6 nitrogen and oxygen atoms in total. The number of rotatable bonds is 4. The van der Waals surface area contributed by atoms with Crippen LogP contribution in [0.15, 0.2) is 14.2 Å². The average Bonchev–Trinajstić information content (AvgIpc) is 3.02. The van der Waals surface area contributed by atoms with Crippen LogP contribution in [0.3, 0.4) is 0 Å².